The van der Waals surface area contributed by atoms with Crippen molar-refractivity contribution in [3.05, 3.63) is 0 Å². The fraction of sp³-hybridized carbons (Fsp3) is 0.786. The molecular weight excluding hydrogens is 262 g/mol. The first-order valence-electron chi connectivity index (χ1n) is 6.81. The maximum Gasteiger partial charge on any atom is 0.306 e. The number of carbonyl (C=O) groups is 3. The van der Waals surface area contributed by atoms with E-state index >= 15 is 0 Å². The molecule has 0 aliphatic rings. The van der Waals surface area contributed by atoms with Gasteiger partial charge in [0.15, 0.2) is 0 Å². The Labute approximate surface area is 119 Å². The van der Waals surface area contributed by atoms with Crippen LogP contribution in [0.15, 0.2) is 0 Å². The summed E-state index contributed by atoms with van der Waals surface area (Å²) in [6, 6.07) is -0.964. The van der Waals surface area contributed by atoms with Crippen LogP contribution in [0.25, 0.3) is 0 Å². The van der Waals surface area contributed by atoms with Crippen molar-refractivity contribution in [1.29, 1.82) is 0 Å². The van der Waals surface area contributed by atoms with E-state index in [-0.39, 0.29) is 5.97 Å². The summed E-state index contributed by atoms with van der Waals surface area (Å²) in [6.07, 6.45) is 2.54. The van der Waals surface area contributed by atoms with Crippen molar-refractivity contribution < 1.29 is 24.2 Å². The van der Waals surface area contributed by atoms with Gasteiger partial charge in [-0.05, 0) is 33.6 Å². The van der Waals surface area contributed by atoms with E-state index in [4.69, 9.17) is 4.74 Å². The highest BCUT2D eigenvalue weighted by Gasteiger charge is 2.16. The molecule has 1 amide bonds. The van der Waals surface area contributed by atoms with Gasteiger partial charge in [-0.25, -0.2) is 0 Å². The number of unbranched alkanes of at least 4 members (excludes halogenated alkanes) is 2. The average molecular weight is 286 g/mol. The van der Waals surface area contributed by atoms with Gasteiger partial charge in [0, 0.05) is 13.3 Å². The second-order valence-corrected chi connectivity index (χ2v) is 5.76. The Bertz CT molecular complexity index is 346. The topological polar surface area (TPSA) is 95.5 Å². The Kier molecular flexibility index (Phi) is 7.87. The highest BCUT2D eigenvalue weighted by molar-refractivity contribution is 5.80. The van der Waals surface area contributed by atoms with Crippen LogP contribution < -0.4 is 10.4 Å². The summed E-state index contributed by atoms with van der Waals surface area (Å²) in [5, 5.41) is 13.1. The van der Waals surface area contributed by atoms with Crippen LogP contribution in [0.2, 0.25) is 0 Å². The van der Waals surface area contributed by atoms with Crippen LogP contribution in [-0.4, -0.2) is 29.5 Å². The molecule has 0 saturated carbocycles. The van der Waals surface area contributed by atoms with Gasteiger partial charge in [-0.15, -0.1) is 0 Å². The number of hydrogen-bond acceptors (Lipinski definition) is 5. The predicted molar refractivity (Wildman–Crippen MR) is 71.5 cm³/mol. The van der Waals surface area contributed by atoms with Crippen molar-refractivity contribution in [1.82, 2.24) is 5.32 Å². The van der Waals surface area contributed by atoms with Gasteiger partial charge in [-0.1, -0.05) is 12.8 Å². The number of hydrogen-bond donors (Lipinski definition) is 1. The monoisotopic (exact) mass is 286 g/mol. The number of carbonyl (C=O) groups excluding carboxylic acids is 3. The number of aliphatic carboxylic acids is 1. The summed E-state index contributed by atoms with van der Waals surface area (Å²) in [6.45, 7) is 6.69. The van der Waals surface area contributed by atoms with E-state index in [2.05, 4.69) is 5.32 Å². The van der Waals surface area contributed by atoms with Crippen molar-refractivity contribution in [2.45, 2.75) is 71.4 Å². The van der Waals surface area contributed by atoms with Crippen molar-refractivity contribution >= 4 is 17.8 Å². The minimum absolute atomic E-state index is 0.254. The van der Waals surface area contributed by atoms with E-state index < -0.39 is 23.5 Å². The molecular formula is C14H24NO5-. The van der Waals surface area contributed by atoms with Gasteiger partial charge in [0.05, 0.1) is 12.0 Å². The summed E-state index contributed by atoms with van der Waals surface area (Å²) in [4.78, 5) is 33.0. The van der Waals surface area contributed by atoms with E-state index in [9.17, 15) is 19.5 Å². The highest BCUT2D eigenvalue weighted by Crippen LogP contribution is 2.11. The molecule has 1 unspecified atom stereocenters. The average Bonchev–Trinajstić information content (AvgIpc) is 2.23. The first-order valence-corrected chi connectivity index (χ1v) is 6.81. The fourth-order valence-corrected chi connectivity index (χ4v) is 1.68. The van der Waals surface area contributed by atoms with Gasteiger partial charge < -0.3 is 20.0 Å². The quantitative estimate of drug-likeness (QED) is 0.519. The van der Waals surface area contributed by atoms with E-state index in [1.165, 1.54) is 6.92 Å². The van der Waals surface area contributed by atoms with Gasteiger partial charge >= 0.3 is 5.97 Å². The summed E-state index contributed by atoms with van der Waals surface area (Å²) < 4.78 is 5.16. The zero-order valence-electron chi connectivity index (χ0n) is 12.7. The van der Waals surface area contributed by atoms with Crippen LogP contribution in [0.1, 0.15) is 59.8 Å². The molecule has 0 bridgehead atoms. The molecule has 1 N–H and O–H groups in total. The van der Waals surface area contributed by atoms with Gasteiger partial charge in [0.25, 0.3) is 0 Å². The molecule has 0 spiro atoms. The molecule has 0 aliphatic carbocycles. The first kappa shape index (κ1) is 18.4. The third-order valence-corrected chi connectivity index (χ3v) is 2.46. The summed E-state index contributed by atoms with van der Waals surface area (Å²) in [5.41, 5.74) is -0.484. The number of carboxylic acids is 1. The number of amides is 1. The Morgan fingerprint density at radius 3 is 2.20 bits per heavy atom. The van der Waals surface area contributed by atoms with Crippen molar-refractivity contribution in [3.8, 4) is 0 Å². The summed E-state index contributed by atoms with van der Waals surface area (Å²) in [5.74, 6) is -1.93. The van der Waals surface area contributed by atoms with Crippen molar-refractivity contribution in [2.75, 3.05) is 0 Å². The Hall–Kier alpha value is -1.59. The zero-order chi connectivity index (χ0) is 15.8. The number of rotatable bonds is 8. The van der Waals surface area contributed by atoms with Crippen LogP contribution in [0.3, 0.4) is 0 Å². The first-order chi connectivity index (χ1) is 9.11. The molecule has 0 heterocycles. The minimum Gasteiger partial charge on any atom is -0.548 e. The lowest BCUT2D eigenvalue weighted by Crippen LogP contribution is -2.47. The third kappa shape index (κ3) is 10.3. The van der Waals surface area contributed by atoms with Crippen LogP contribution in [0.4, 0.5) is 0 Å². The fourth-order valence-electron chi connectivity index (χ4n) is 1.68. The molecule has 20 heavy (non-hydrogen) atoms. The van der Waals surface area contributed by atoms with E-state index in [1.54, 1.807) is 0 Å². The lowest BCUT2D eigenvalue weighted by molar-refractivity contribution is -0.308. The smallest absolute Gasteiger partial charge is 0.306 e. The van der Waals surface area contributed by atoms with Crippen molar-refractivity contribution in [3.63, 3.8) is 0 Å². The number of esters is 1. The molecule has 116 valence electrons. The number of carboxylic acid groups (broad SMARTS) is 1. The lowest BCUT2D eigenvalue weighted by atomic mass is 10.1. The molecule has 0 fully saturated rings. The van der Waals surface area contributed by atoms with Crippen LogP contribution in [-0.2, 0) is 19.1 Å². The largest absolute Gasteiger partial charge is 0.548 e. The molecule has 0 rings (SSSR count). The summed E-state index contributed by atoms with van der Waals surface area (Å²) >= 11 is 0. The van der Waals surface area contributed by atoms with E-state index in [0.717, 1.165) is 0 Å². The lowest BCUT2D eigenvalue weighted by Gasteiger charge is -2.20. The second-order valence-electron chi connectivity index (χ2n) is 5.76. The van der Waals surface area contributed by atoms with Gasteiger partial charge in [0.1, 0.15) is 5.60 Å². The molecule has 0 aromatic carbocycles. The molecule has 1 atom stereocenters. The Morgan fingerprint density at radius 1 is 1.15 bits per heavy atom. The molecule has 6 heteroatoms. The molecule has 0 aromatic rings. The number of nitrogens with one attached hydrogen (secondary N) is 1. The Balaban J connectivity index is 3.82. The Morgan fingerprint density at radius 2 is 1.75 bits per heavy atom. The normalized spacial score (nSPS) is 12.6. The van der Waals surface area contributed by atoms with Gasteiger partial charge in [-0.2, -0.15) is 0 Å². The third-order valence-electron chi connectivity index (χ3n) is 2.46. The molecule has 0 saturated heterocycles. The standard InChI is InChI=1S/C14H25NO5/c1-10(16)15-11(13(18)19)8-6-5-7-9-12(17)20-14(2,3)4/h11H,5-9H2,1-4H3,(H,15,16)(H,18,19)/p-1. The van der Waals surface area contributed by atoms with Gasteiger partial charge in [-0.3, -0.25) is 9.59 Å². The van der Waals surface area contributed by atoms with Gasteiger partial charge in [0.2, 0.25) is 5.91 Å². The molecule has 6 nitrogen and oxygen atoms in total. The maximum absolute atomic E-state index is 11.4. The maximum atomic E-state index is 11.4. The number of ether oxygens (including phenoxy) is 1. The second kappa shape index (κ2) is 8.55. The highest BCUT2D eigenvalue weighted by atomic mass is 16.6. The van der Waals surface area contributed by atoms with Crippen LogP contribution >= 0.6 is 0 Å². The van der Waals surface area contributed by atoms with E-state index in [1.807, 2.05) is 20.8 Å². The zero-order valence-corrected chi connectivity index (χ0v) is 12.7. The molecule has 0 aromatic heterocycles. The molecule has 0 radical (unpaired) electrons. The predicted octanol–water partition coefficient (Wildman–Crippen LogP) is 0.533. The van der Waals surface area contributed by atoms with E-state index in [0.29, 0.717) is 32.1 Å². The van der Waals surface area contributed by atoms with Crippen molar-refractivity contribution in [2.24, 2.45) is 0 Å². The minimum atomic E-state index is -1.28. The van der Waals surface area contributed by atoms with Crippen LogP contribution in [0.5, 0.6) is 0 Å². The molecule has 0 aliphatic heterocycles. The summed E-state index contributed by atoms with van der Waals surface area (Å²) in [7, 11) is 0. The SMILES string of the molecule is CC(=O)NC(CCCCCC(=O)OC(C)(C)C)C(=O)[O-]. The van der Waals surface area contributed by atoms with Crippen LogP contribution in [0, 0.1) is 0 Å².